The maximum Gasteiger partial charge on any atom is 0.234 e. The number of hydrogen-bond donors (Lipinski definition) is 2. The number of carbonyl (C=O) groups excluding carboxylic acids is 1. The summed E-state index contributed by atoms with van der Waals surface area (Å²) in [5.74, 6) is 0.628. The zero-order valence-corrected chi connectivity index (χ0v) is 9.99. The highest BCUT2D eigenvalue weighted by atomic mass is 16.2. The van der Waals surface area contributed by atoms with E-state index in [1.165, 1.54) is 0 Å². The van der Waals surface area contributed by atoms with Crippen molar-refractivity contribution in [3.63, 3.8) is 0 Å². The summed E-state index contributed by atoms with van der Waals surface area (Å²) in [4.78, 5) is 13.6. The summed E-state index contributed by atoms with van der Waals surface area (Å²) in [6, 6.07) is 0.848. The molecule has 0 aromatic carbocycles. The minimum Gasteiger partial charge on any atom is -0.355 e. The van der Waals surface area contributed by atoms with E-state index in [0.29, 0.717) is 24.5 Å². The van der Waals surface area contributed by atoms with Crippen LogP contribution in [0.4, 0.5) is 0 Å². The van der Waals surface area contributed by atoms with E-state index in [2.05, 4.69) is 24.1 Å². The van der Waals surface area contributed by atoms with Crippen LogP contribution in [0.3, 0.4) is 0 Å². The van der Waals surface area contributed by atoms with Crippen molar-refractivity contribution in [3.8, 4) is 0 Å². The third-order valence-corrected chi connectivity index (χ3v) is 2.87. The molecule has 15 heavy (non-hydrogen) atoms. The van der Waals surface area contributed by atoms with Crippen LogP contribution < -0.4 is 11.1 Å². The van der Waals surface area contributed by atoms with E-state index in [4.69, 9.17) is 5.73 Å². The molecule has 0 unspecified atom stereocenters. The summed E-state index contributed by atoms with van der Waals surface area (Å²) in [5, 5.41) is 2.92. The van der Waals surface area contributed by atoms with Gasteiger partial charge in [0.1, 0.15) is 0 Å². The highest BCUT2D eigenvalue weighted by molar-refractivity contribution is 5.78. The van der Waals surface area contributed by atoms with Gasteiger partial charge in [-0.3, -0.25) is 9.69 Å². The van der Waals surface area contributed by atoms with Crippen LogP contribution in [0.15, 0.2) is 0 Å². The van der Waals surface area contributed by atoms with Crippen LogP contribution in [-0.2, 0) is 4.79 Å². The molecule has 0 bridgehead atoms. The van der Waals surface area contributed by atoms with Gasteiger partial charge < -0.3 is 11.1 Å². The number of rotatable bonds is 5. The predicted molar refractivity (Wildman–Crippen MR) is 61.5 cm³/mol. The van der Waals surface area contributed by atoms with E-state index in [-0.39, 0.29) is 5.91 Å². The molecule has 1 rings (SSSR count). The fraction of sp³-hybridized carbons (Fsp3) is 0.909. The Labute approximate surface area is 92.2 Å². The standard InChI is InChI=1S/C11H23N3O/c1-8(2)6-13-11(15)7-14(3)10-4-9(12)5-10/h8-10H,4-7,12H2,1-3H3,(H,13,15). The highest BCUT2D eigenvalue weighted by Gasteiger charge is 2.29. The second-order valence-corrected chi connectivity index (χ2v) is 5.00. The van der Waals surface area contributed by atoms with Gasteiger partial charge in [-0.05, 0) is 25.8 Å². The van der Waals surface area contributed by atoms with Crippen molar-refractivity contribution in [1.82, 2.24) is 10.2 Å². The summed E-state index contributed by atoms with van der Waals surface area (Å²) in [5.41, 5.74) is 5.71. The zero-order valence-electron chi connectivity index (χ0n) is 9.99. The topological polar surface area (TPSA) is 58.4 Å². The number of nitrogens with one attached hydrogen (secondary N) is 1. The van der Waals surface area contributed by atoms with Gasteiger partial charge in [0.2, 0.25) is 5.91 Å². The number of nitrogens with zero attached hydrogens (tertiary/aromatic N) is 1. The normalized spacial score (nSPS) is 25.5. The molecule has 1 aliphatic rings. The maximum absolute atomic E-state index is 11.5. The predicted octanol–water partition coefficient (Wildman–Crippen LogP) is 0.180. The molecule has 0 aliphatic heterocycles. The molecular weight excluding hydrogens is 190 g/mol. The van der Waals surface area contributed by atoms with Crippen molar-refractivity contribution in [2.45, 2.75) is 38.8 Å². The van der Waals surface area contributed by atoms with Gasteiger partial charge >= 0.3 is 0 Å². The van der Waals surface area contributed by atoms with Gasteiger partial charge in [0.25, 0.3) is 0 Å². The lowest BCUT2D eigenvalue weighted by molar-refractivity contribution is -0.123. The van der Waals surface area contributed by atoms with Crippen molar-refractivity contribution in [2.24, 2.45) is 11.7 Å². The van der Waals surface area contributed by atoms with Crippen LogP contribution >= 0.6 is 0 Å². The summed E-state index contributed by atoms with van der Waals surface area (Å²) < 4.78 is 0. The molecule has 0 spiro atoms. The van der Waals surface area contributed by atoms with Gasteiger partial charge in [-0.15, -0.1) is 0 Å². The number of amides is 1. The molecule has 1 amide bonds. The smallest absolute Gasteiger partial charge is 0.234 e. The Kier molecular flexibility index (Phi) is 4.54. The zero-order chi connectivity index (χ0) is 11.4. The van der Waals surface area contributed by atoms with Gasteiger partial charge in [0.05, 0.1) is 6.54 Å². The minimum atomic E-state index is 0.117. The molecule has 4 nitrogen and oxygen atoms in total. The molecule has 88 valence electrons. The number of likely N-dealkylation sites (N-methyl/N-ethyl adjacent to an activating group) is 1. The minimum absolute atomic E-state index is 0.117. The molecule has 0 atom stereocenters. The Morgan fingerprint density at radius 2 is 2.13 bits per heavy atom. The van der Waals surface area contributed by atoms with Crippen LogP contribution in [0.5, 0.6) is 0 Å². The van der Waals surface area contributed by atoms with E-state index in [0.717, 1.165) is 19.4 Å². The third-order valence-electron chi connectivity index (χ3n) is 2.87. The molecule has 1 fully saturated rings. The molecule has 1 aliphatic carbocycles. The number of hydrogen-bond acceptors (Lipinski definition) is 3. The molecule has 0 heterocycles. The average molecular weight is 213 g/mol. The first-order valence-corrected chi connectivity index (χ1v) is 5.71. The quantitative estimate of drug-likeness (QED) is 0.685. The molecule has 0 saturated heterocycles. The molecule has 0 aromatic heterocycles. The average Bonchev–Trinajstić information content (AvgIpc) is 2.09. The fourth-order valence-electron chi connectivity index (χ4n) is 1.72. The van der Waals surface area contributed by atoms with E-state index < -0.39 is 0 Å². The van der Waals surface area contributed by atoms with Crippen LogP contribution in [0.1, 0.15) is 26.7 Å². The van der Waals surface area contributed by atoms with E-state index >= 15 is 0 Å². The Morgan fingerprint density at radius 3 is 2.60 bits per heavy atom. The number of nitrogens with two attached hydrogens (primary N) is 1. The summed E-state index contributed by atoms with van der Waals surface area (Å²) in [7, 11) is 1.99. The van der Waals surface area contributed by atoms with Gasteiger partial charge in [-0.1, -0.05) is 13.8 Å². The fourth-order valence-corrected chi connectivity index (χ4v) is 1.72. The van der Waals surface area contributed by atoms with Crippen LogP contribution in [0.2, 0.25) is 0 Å². The van der Waals surface area contributed by atoms with Gasteiger partial charge in [-0.2, -0.15) is 0 Å². The summed E-state index contributed by atoms with van der Waals surface area (Å²) >= 11 is 0. The van der Waals surface area contributed by atoms with E-state index in [9.17, 15) is 4.79 Å². The molecule has 0 aromatic rings. The van der Waals surface area contributed by atoms with Crippen LogP contribution in [0, 0.1) is 5.92 Å². The van der Waals surface area contributed by atoms with Gasteiger partial charge in [-0.25, -0.2) is 0 Å². The Hall–Kier alpha value is -0.610. The Balaban J connectivity index is 2.14. The summed E-state index contributed by atoms with van der Waals surface area (Å²) in [6.07, 6.45) is 2.04. The lowest BCUT2D eigenvalue weighted by Gasteiger charge is -2.39. The van der Waals surface area contributed by atoms with E-state index in [1.54, 1.807) is 0 Å². The molecule has 0 radical (unpaired) electrons. The lowest BCUT2D eigenvalue weighted by Crippen LogP contribution is -2.51. The van der Waals surface area contributed by atoms with Crippen molar-refractivity contribution in [1.29, 1.82) is 0 Å². The SMILES string of the molecule is CC(C)CNC(=O)CN(C)C1CC(N)C1. The molecule has 1 saturated carbocycles. The first-order chi connectivity index (χ1) is 6.99. The maximum atomic E-state index is 11.5. The Morgan fingerprint density at radius 1 is 1.53 bits per heavy atom. The third kappa shape index (κ3) is 4.18. The van der Waals surface area contributed by atoms with E-state index in [1.807, 2.05) is 7.05 Å². The number of carbonyl (C=O) groups is 1. The van der Waals surface area contributed by atoms with Crippen molar-refractivity contribution in [3.05, 3.63) is 0 Å². The monoisotopic (exact) mass is 213 g/mol. The highest BCUT2D eigenvalue weighted by Crippen LogP contribution is 2.22. The van der Waals surface area contributed by atoms with Crippen molar-refractivity contribution in [2.75, 3.05) is 20.1 Å². The Bertz CT molecular complexity index is 212. The lowest BCUT2D eigenvalue weighted by atomic mass is 9.86. The van der Waals surface area contributed by atoms with Crippen molar-refractivity contribution >= 4 is 5.91 Å². The van der Waals surface area contributed by atoms with Gasteiger partial charge in [0.15, 0.2) is 0 Å². The summed E-state index contributed by atoms with van der Waals surface area (Å²) in [6.45, 7) is 5.44. The van der Waals surface area contributed by atoms with Crippen LogP contribution in [0.25, 0.3) is 0 Å². The second-order valence-electron chi connectivity index (χ2n) is 5.00. The molecular formula is C11H23N3O. The second kappa shape index (κ2) is 5.47. The first kappa shape index (κ1) is 12.5. The largest absolute Gasteiger partial charge is 0.355 e. The van der Waals surface area contributed by atoms with Crippen LogP contribution in [-0.4, -0.2) is 43.0 Å². The molecule has 4 heteroatoms. The van der Waals surface area contributed by atoms with Gasteiger partial charge in [0, 0.05) is 18.6 Å². The molecule has 3 N–H and O–H groups in total. The van der Waals surface area contributed by atoms with Crippen molar-refractivity contribution < 1.29 is 4.79 Å². The first-order valence-electron chi connectivity index (χ1n) is 5.71.